The minimum atomic E-state index is -0.296. The van der Waals surface area contributed by atoms with E-state index in [1.165, 1.54) is 5.56 Å². The second-order valence-electron chi connectivity index (χ2n) is 7.56. The molecule has 1 aliphatic heterocycles. The van der Waals surface area contributed by atoms with Gasteiger partial charge in [0.1, 0.15) is 11.4 Å². The average molecular weight is 367 g/mol. The zero-order chi connectivity index (χ0) is 19.3. The van der Waals surface area contributed by atoms with Gasteiger partial charge in [0.05, 0.1) is 0 Å². The maximum atomic E-state index is 11.9. The van der Waals surface area contributed by atoms with E-state index in [2.05, 4.69) is 41.4 Å². The van der Waals surface area contributed by atoms with Crippen LogP contribution in [0.3, 0.4) is 0 Å². The highest BCUT2D eigenvalue weighted by Crippen LogP contribution is 2.38. The van der Waals surface area contributed by atoms with Gasteiger partial charge in [-0.25, -0.2) is 0 Å². The Labute approximate surface area is 162 Å². The predicted molar refractivity (Wildman–Crippen MR) is 110 cm³/mol. The summed E-state index contributed by atoms with van der Waals surface area (Å²) < 4.78 is 6.59. The lowest BCUT2D eigenvalue weighted by Crippen LogP contribution is -2.45. The summed E-state index contributed by atoms with van der Waals surface area (Å²) in [6, 6.07) is 18.3. The highest BCUT2D eigenvalue weighted by molar-refractivity contribution is 5.92. The molecule has 2 aromatic rings. The van der Waals surface area contributed by atoms with E-state index in [0.717, 1.165) is 43.9 Å². The van der Waals surface area contributed by atoms with Gasteiger partial charge >= 0.3 is 0 Å². The number of hydrogen-bond acceptors (Lipinski definition) is 3. The molecule has 0 aliphatic carbocycles. The fourth-order valence-electron chi connectivity index (χ4n) is 3.54. The molecule has 0 atom stereocenters. The number of nitrogens with zero attached hydrogens (tertiary/aromatic N) is 1. The molecule has 1 amide bonds. The first-order valence-electron chi connectivity index (χ1n) is 9.90. The molecule has 2 aromatic carbocycles. The Morgan fingerprint density at radius 3 is 2.26 bits per heavy atom. The molecule has 0 spiro atoms. The Morgan fingerprint density at radius 1 is 1.07 bits per heavy atom. The molecule has 0 radical (unpaired) electrons. The molecule has 1 heterocycles. The Balaban J connectivity index is 1.78. The van der Waals surface area contributed by atoms with Gasteiger partial charge in [0, 0.05) is 37.5 Å². The molecule has 0 aromatic heterocycles. The molecule has 4 nitrogen and oxygen atoms in total. The van der Waals surface area contributed by atoms with Crippen LogP contribution in [0.1, 0.15) is 39.2 Å². The van der Waals surface area contributed by atoms with E-state index in [0.29, 0.717) is 0 Å². The quantitative estimate of drug-likeness (QED) is 0.808. The van der Waals surface area contributed by atoms with Crippen LogP contribution in [0.15, 0.2) is 54.6 Å². The smallest absolute Gasteiger partial charge is 0.226 e. The molecular weight excluding hydrogens is 336 g/mol. The molecule has 1 N–H and O–H groups in total. The first kappa shape index (κ1) is 19.4. The third-order valence-corrected chi connectivity index (χ3v) is 5.37. The van der Waals surface area contributed by atoms with Gasteiger partial charge in [-0.05, 0) is 36.4 Å². The van der Waals surface area contributed by atoms with Crippen LogP contribution in [0.5, 0.6) is 5.75 Å². The van der Waals surface area contributed by atoms with Crippen molar-refractivity contribution in [2.24, 2.45) is 5.92 Å². The lowest BCUT2D eigenvalue weighted by atomic mass is 9.84. The summed E-state index contributed by atoms with van der Waals surface area (Å²) in [7, 11) is 0. The fraction of sp³-hybridized carbons (Fsp3) is 0.435. The van der Waals surface area contributed by atoms with Crippen molar-refractivity contribution in [3.05, 3.63) is 60.2 Å². The van der Waals surface area contributed by atoms with Gasteiger partial charge in [0.2, 0.25) is 5.91 Å². The van der Waals surface area contributed by atoms with E-state index >= 15 is 0 Å². The van der Waals surface area contributed by atoms with Gasteiger partial charge in [-0.15, -0.1) is 0 Å². The molecule has 0 saturated carbocycles. The van der Waals surface area contributed by atoms with Crippen molar-refractivity contribution in [2.75, 3.05) is 25.0 Å². The minimum Gasteiger partial charge on any atom is -0.482 e. The number of hydrogen-bond donors (Lipinski definition) is 1. The summed E-state index contributed by atoms with van der Waals surface area (Å²) >= 11 is 0. The lowest BCUT2D eigenvalue weighted by Gasteiger charge is -2.42. The maximum absolute atomic E-state index is 11.9. The zero-order valence-corrected chi connectivity index (χ0v) is 16.6. The van der Waals surface area contributed by atoms with Gasteiger partial charge in [-0.1, -0.05) is 51.1 Å². The van der Waals surface area contributed by atoms with Crippen molar-refractivity contribution in [1.29, 1.82) is 0 Å². The number of nitrogens with one attached hydrogen (secondary N) is 1. The van der Waals surface area contributed by atoms with Crippen molar-refractivity contribution in [3.8, 4) is 5.75 Å². The minimum absolute atomic E-state index is 0.0244. The van der Waals surface area contributed by atoms with Gasteiger partial charge in [0.25, 0.3) is 0 Å². The van der Waals surface area contributed by atoms with Crippen molar-refractivity contribution in [3.63, 3.8) is 0 Å². The number of carbonyl (C=O) groups excluding carboxylic acids is 1. The van der Waals surface area contributed by atoms with Crippen LogP contribution >= 0.6 is 0 Å². The van der Waals surface area contributed by atoms with Crippen LogP contribution < -0.4 is 10.1 Å². The summed E-state index contributed by atoms with van der Waals surface area (Å²) in [5, 5.41) is 2.93. The Kier molecular flexibility index (Phi) is 6.17. The van der Waals surface area contributed by atoms with Crippen LogP contribution in [0.2, 0.25) is 0 Å². The third kappa shape index (κ3) is 4.69. The van der Waals surface area contributed by atoms with E-state index in [-0.39, 0.29) is 17.4 Å². The third-order valence-electron chi connectivity index (χ3n) is 5.37. The molecule has 27 heavy (non-hydrogen) atoms. The lowest BCUT2D eigenvalue weighted by molar-refractivity contribution is -0.118. The normalized spacial score (nSPS) is 16.9. The monoisotopic (exact) mass is 366 g/mol. The fourth-order valence-corrected chi connectivity index (χ4v) is 3.54. The maximum Gasteiger partial charge on any atom is 0.226 e. The highest BCUT2D eigenvalue weighted by Gasteiger charge is 2.38. The second kappa shape index (κ2) is 8.57. The highest BCUT2D eigenvalue weighted by atomic mass is 16.5. The molecule has 3 rings (SSSR count). The van der Waals surface area contributed by atoms with E-state index in [9.17, 15) is 4.79 Å². The van der Waals surface area contributed by atoms with E-state index in [1.54, 1.807) is 0 Å². The van der Waals surface area contributed by atoms with E-state index < -0.39 is 0 Å². The number of ether oxygens (including phenoxy) is 1. The molecule has 144 valence electrons. The van der Waals surface area contributed by atoms with Crippen molar-refractivity contribution >= 4 is 11.6 Å². The average Bonchev–Trinajstić information content (AvgIpc) is 2.70. The Morgan fingerprint density at radius 2 is 1.70 bits per heavy atom. The van der Waals surface area contributed by atoms with Crippen molar-refractivity contribution in [2.45, 2.75) is 39.2 Å². The summed E-state index contributed by atoms with van der Waals surface area (Å²) in [6.07, 6.45) is 1.94. The van der Waals surface area contributed by atoms with Crippen LogP contribution in [0.4, 0.5) is 5.69 Å². The Bertz CT molecular complexity index is 733. The molecule has 1 aliphatic rings. The molecular formula is C23H30N2O2. The standard InChI is InChI=1S/C23H30N2O2/c1-4-25-16-14-23(15-17-25,19-8-6-5-7-9-19)27-21-12-10-20(11-13-21)24-22(26)18(2)3/h5-13,18H,4,14-17H2,1-3H3,(H,24,26). The van der Waals surface area contributed by atoms with Crippen LogP contribution in [-0.4, -0.2) is 30.4 Å². The molecule has 0 unspecified atom stereocenters. The zero-order valence-electron chi connectivity index (χ0n) is 16.6. The first-order valence-corrected chi connectivity index (χ1v) is 9.90. The SMILES string of the molecule is CCN1CCC(Oc2ccc(NC(=O)C(C)C)cc2)(c2ccccc2)CC1. The van der Waals surface area contributed by atoms with E-state index in [1.807, 2.05) is 44.2 Å². The van der Waals surface area contributed by atoms with Gasteiger partial charge < -0.3 is 15.0 Å². The van der Waals surface area contributed by atoms with Gasteiger partial charge in [0.15, 0.2) is 0 Å². The topological polar surface area (TPSA) is 41.6 Å². The number of benzene rings is 2. The van der Waals surface area contributed by atoms with Crippen LogP contribution in [-0.2, 0) is 10.4 Å². The molecule has 0 bridgehead atoms. The number of rotatable bonds is 6. The predicted octanol–water partition coefficient (Wildman–Crippen LogP) is 4.67. The number of anilines is 1. The largest absolute Gasteiger partial charge is 0.482 e. The van der Waals surface area contributed by atoms with Gasteiger partial charge in [-0.3, -0.25) is 4.79 Å². The number of carbonyl (C=O) groups is 1. The van der Waals surface area contributed by atoms with Crippen LogP contribution in [0.25, 0.3) is 0 Å². The summed E-state index contributed by atoms with van der Waals surface area (Å²) in [5.41, 5.74) is 1.74. The van der Waals surface area contributed by atoms with E-state index in [4.69, 9.17) is 4.74 Å². The first-order chi connectivity index (χ1) is 13.0. The van der Waals surface area contributed by atoms with Crippen molar-refractivity contribution < 1.29 is 9.53 Å². The number of amides is 1. The second-order valence-corrected chi connectivity index (χ2v) is 7.56. The summed E-state index contributed by atoms with van der Waals surface area (Å²) in [5.74, 6) is 0.828. The van der Waals surface area contributed by atoms with Crippen molar-refractivity contribution in [1.82, 2.24) is 4.90 Å². The molecule has 1 fully saturated rings. The molecule has 1 saturated heterocycles. The number of piperidine rings is 1. The number of likely N-dealkylation sites (tertiary alicyclic amines) is 1. The summed E-state index contributed by atoms with van der Waals surface area (Å²) in [4.78, 5) is 14.3. The van der Waals surface area contributed by atoms with Gasteiger partial charge in [-0.2, -0.15) is 0 Å². The Hall–Kier alpha value is -2.33. The summed E-state index contributed by atoms with van der Waals surface area (Å²) in [6.45, 7) is 9.13. The molecule has 4 heteroatoms. The van der Waals surface area contributed by atoms with Crippen LogP contribution in [0, 0.1) is 5.92 Å².